The Balaban J connectivity index is -0.000000205. The van der Waals surface area contributed by atoms with Gasteiger partial charge in [-0.2, -0.15) is 0 Å². The average Bonchev–Trinajstić information content (AvgIpc) is 3.46. The lowest BCUT2D eigenvalue weighted by Crippen LogP contribution is -2.40. The van der Waals surface area contributed by atoms with E-state index < -0.39 is 0 Å². The first-order valence-corrected chi connectivity index (χ1v) is 13.9. The summed E-state index contributed by atoms with van der Waals surface area (Å²) in [5, 5.41) is 3.43. The Morgan fingerprint density at radius 3 is 2.00 bits per heavy atom. The molecule has 3 unspecified atom stereocenters. The molecule has 0 saturated carbocycles. The van der Waals surface area contributed by atoms with Gasteiger partial charge in [0.2, 0.25) is 0 Å². The van der Waals surface area contributed by atoms with E-state index in [0.717, 1.165) is 19.3 Å². The number of carbonyl (C=O) groups excluding carboxylic acids is 2. The molecule has 1 aromatic carbocycles. The number of nitrogens with one attached hydrogen (secondary N) is 1. The quantitative estimate of drug-likeness (QED) is 0.277. The SMILES string of the molecule is C=C/C(C)=C\C=C/C.CC.CC.CC=O.CCc1ccccc1.COC(C(C)CC(C)=O)C1CCCN1. The molecule has 1 N–H and O–H groups in total. The van der Waals surface area contributed by atoms with Crippen LogP contribution in [0.3, 0.4) is 0 Å². The molecule has 214 valence electrons. The Kier molecular flexibility index (Phi) is 38.1. The zero-order chi connectivity index (χ0) is 29.5. The van der Waals surface area contributed by atoms with Gasteiger partial charge >= 0.3 is 0 Å². The van der Waals surface area contributed by atoms with Crippen LogP contribution in [0.25, 0.3) is 0 Å². The molecule has 4 nitrogen and oxygen atoms in total. The fourth-order valence-electron chi connectivity index (χ4n) is 3.38. The molecule has 0 amide bonds. The van der Waals surface area contributed by atoms with Crippen LogP contribution in [-0.2, 0) is 20.7 Å². The number of methoxy groups -OCH3 is 1. The number of Topliss-reactive ketones (excluding diaryl/α,β-unsaturated/α-hetero) is 1. The zero-order valence-electron chi connectivity index (χ0n) is 26.0. The maximum absolute atomic E-state index is 11.0. The van der Waals surface area contributed by atoms with Gasteiger partial charge in [-0.05, 0) is 65.0 Å². The van der Waals surface area contributed by atoms with Gasteiger partial charge in [-0.25, -0.2) is 0 Å². The number of hydrogen-bond acceptors (Lipinski definition) is 4. The molecule has 1 heterocycles. The Morgan fingerprint density at radius 1 is 1.14 bits per heavy atom. The maximum Gasteiger partial charge on any atom is 0.130 e. The Bertz CT molecular complexity index is 674. The van der Waals surface area contributed by atoms with Gasteiger partial charge in [-0.1, -0.05) is 108 Å². The average molecular weight is 518 g/mol. The number of aryl methyl sites for hydroxylation is 1. The molecule has 37 heavy (non-hydrogen) atoms. The van der Waals surface area contributed by atoms with Crippen molar-refractivity contribution in [1.29, 1.82) is 0 Å². The predicted molar refractivity (Wildman–Crippen MR) is 165 cm³/mol. The van der Waals surface area contributed by atoms with Crippen molar-refractivity contribution in [3.8, 4) is 0 Å². The second-order valence-corrected chi connectivity index (χ2v) is 8.00. The van der Waals surface area contributed by atoms with Crippen LogP contribution in [0.15, 0.2) is 66.8 Å². The van der Waals surface area contributed by atoms with Crippen molar-refractivity contribution in [1.82, 2.24) is 5.32 Å². The van der Waals surface area contributed by atoms with Crippen LogP contribution < -0.4 is 5.32 Å². The van der Waals surface area contributed by atoms with Crippen molar-refractivity contribution in [3.05, 3.63) is 72.4 Å². The summed E-state index contributed by atoms with van der Waals surface area (Å²) in [5.41, 5.74) is 2.61. The van der Waals surface area contributed by atoms with Gasteiger partial charge in [0, 0.05) is 19.6 Å². The molecule has 3 atom stereocenters. The topological polar surface area (TPSA) is 55.4 Å². The molecule has 0 aromatic heterocycles. The number of ether oxygens (including phenoxy) is 1. The monoisotopic (exact) mass is 517 g/mol. The van der Waals surface area contributed by atoms with Crippen LogP contribution >= 0.6 is 0 Å². The van der Waals surface area contributed by atoms with Crippen LogP contribution in [-0.4, -0.2) is 37.9 Å². The van der Waals surface area contributed by atoms with Gasteiger partial charge < -0.3 is 19.6 Å². The molecule has 1 aromatic rings. The third kappa shape index (κ3) is 28.1. The smallest absolute Gasteiger partial charge is 0.130 e. The van der Waals surface area contributed by atoms with Crippen LogP contribution in [0.1, 0.15) is 94.1 Å². The number of allylic oxidation sites excluding steroid dienone is 5. The van der Waals surface area contributed by atoms with E-state index in [1.54, 1.807) is 14.0 Å². The molecule has 0 aliphatic carbocycles. The van der Waals surface area contributed by atoms with Crippen molar-refractivity contribution in [2.75, 3.05) is 13.7 Å². The van der Waals surface area contributed by atoms with E-state index in [0.29, 0.717) is 18.4 Å². The first-order chi connectivity index (χ1) is 17.8. The molecule has 0 bridgehead atoms. The minimum atomic E-state index is 0.182. The Labute approximate surface area is 230 Å². The van der Waals surface area contributed by atoms with Crippen molar-refractivity contribution in [2.24, 2.45) is 5.92 Å². The first-order valence-electron chi connectivity index (χ1n) is 13.9. The van der Waals surface area contributed by atoms with Crippen LogP contribution in [0, 0.1) is 5.92 Å². The minimum Gasteiger partial charge on any atom is -0.380 e. The number of aldehydes is 1. The van der Waals surface area contributed by atoms with Crippen molar-refractivity contribution in [2.45, 2.75) is 107 Å². The lowest BCUT2D eigenvalue weighted by atomic mass is 9.92. The Hall–Kier alpha value is -2.30. The van der Waals surface area contributed by atoms with Crippen LogP contribution in [0.5, 0.6) is 0 Å². The predicted octanol–water partition coefficient (Wildman–Crippen LogP) is 8.57. The summed E-state index contributed by atoms with van der Waals surface area (Å²) in [7, 11) is 1.74. The number of rotatable bonds is 8. The molecule has 1 aliphatic heterocycles. The molecule has 1 aliphatic rings. The van der Waals surface area contributed by atoms with E-state index in [2.05, 4.69) is 50.0 Å². The first kappa shape index (κ1) is 41.8. The number of carbonyl (C=O) groups is 2. The Morgan fingerprint density at radius 2 is 1.68 bits per heavy atom. The van der Waals surface area contributed by atoms with E-state index in [-0.39, 0.29) is 11.9 Å². The summed E-state index contributed by atoms with van der Waals surface area (Å²) >= 11 is 0. The van der Waals surface area contributed by atoms with Crippen molar-refractivity contribution < 1.29 is 14.3 Å². The standard InChI is InChI=1S/C11H21NO2.C8H10.C8H12.C2H4O.2C2H6/c1-8(7-9(2)13)11(14-3)10-5-4-6-12-10;1-2-8-6-4-3-5-7-8;1-4-6-7-8(3)5-2;1-2-3;2*1-2/h8,10-12H,4-7H2,1-3H3;3-7H,2H2,1H3;4-7H,2H2,1,3H3;2H,1H3;2*1-2H3/b;;6-4-,8-7-;;;. The highest BCUT2D eigenvalue weighted by atomic mass is 16.5. The molecule has 2 rings (SSSR count). The minimum absolute atomic E-state index is 0.182. The highest BCUT2D eigenvalue weighted by molar-refractivity contribution is 5.75. The fourth-order valence-corrected chi connectivity index (χ4v) is 3.38. The van der Waals surface area contributed by atoms with Gasteiger partial charge in [-0.15, -0.1) is 0 Å². The van der Waals surface area contributed by atoms with Gasteiger partial charge in [0.05, 0.1) is 6.10 Å². The fraction of sp³-hybridized carbons (Fsp3) is 0.576. The zero-order valence-corrected chi connectivity index (χ0v) is 26.0. The van der Waals surface area contributed by atoms with Crippen molar-refractivity contribution in [3.63, 3.8) is 0 Å². The van der Waals surface area contributed by atoms with Gasteiger partial charge in [0.1, 0.15) is 12.1 Å². The normalized spacial score (nSPS) is 15.2. The summed E-state index contributed by atoms with van der Waals surface area (Å²) < 4.78 is 5.48. The maximum atomic E-state index is 11.0. The van der Waals surface area contributed by atoms with E-state index >= 15 is 0 Å². The summed E-state index contributed by atoms with van der Waals surface area (Å²) in [6.07, 6.45) is 12.9. The molecule has 1 fully saturated rings. The summed E-state index contributed by atoms with van der Waals surface area (Å²) in [4.78, 5) is 19.8. The molecular formula is C33H59NO3. The highest BCUT2D eigenvalue weighted by Gasteiger charge is 2.29. The van der Waals surface area contributed by atoms with E-state index in [1.807, 2.05) is 71.9 Å². The highest BCUT2D eigenvalue weighted by Crippen LogP contribution is 2.21. The second-order valence-electron chi connectivity index (χ2n) is 8.00. The molecule has 0 radical (unpaired) electrons. The number of ketones is 1. The second kappa shape index (κ2) is 33.7. The van der Waals surface area contributed by atoms with Crippen LogP contribution in [0.4, 0.5) is 0 Å². The van der Waals surface area contributed by atoms with Gasteiger partial charge in [-0.3, -0.25) is 0 Å². The molecule has 4 heteroatoms. The summed E-state index contributed by atoms with van der Waals surface area (Å²) in [5.74, 6) is 0.561. The van der Waals surface area contributed by atoms with Gasteiger partial charge in [0.15, 0.2) is 0 Å². The van der Waals surface area contributed by atoms with E-state index in [1.165, 1.54) is 30.9 Å². The molecule has 0 spiro atoms. The largest absolute Gasteiger partial charge is 0.380 e. The third-order valence-electron chi connectivity index (χ3n) is 5.06. The third-order valence-corrected chi connectivity index (χ3v) is 5.06. The van der Waals surface area contributed by atoms with Gasteiger partial charge in [0.25, 0.3) is 0 Å². The summed E-state index contributed by atoms with van der Waals surface area (Å²) in [6, 6.07) is 10.9. The molecular weight excluding hydrogens is 458 g/mol. The lowest BCUT2D eigenvalue weighted by Gasteiger charge is -2.27. The summed E-state index contributed by atoms with van der Waals surface area (Å²) in [6.45, 7) is 24.0. The number of hydrogen-bond donors (Lipinski definition) is 1. The molecule has 1 saturated heterocycles. The lowest BCUT2D eigenvalue weighted by molar-refractivity contribution is -0.119. The van der Waals surface area contributed by atoms with E-state index in [9.17, 15) is 4.79 Å². The van der Waals surface area contributed by atoms with Crippen molar-refractivity contribution >= 4 is 12.1 Å². The van der Waals surface area contributed by atoms with Crippen LogP contribution in [0.2, 0.25) is 0 Å². The number of benzene rings is 1. The van der Waals surface area contributed by atoms with E-state index in [4.69, 9.17) is 9.53 Å².